The number of guanidine groups is 1. The molecule has 1 amide bonds. The highest BCUT2D eigenvalue weighted by molar-refractivity contribution is 7.89. The van der Waals surface area contributed by atoms with Gasteiger partial charge in [-0.1, -0.05) is 12.1 Å². The molecule has 150 valence electrons. The Labute approximate surface area is 161 Å². The van der Waals surface area contributed by atoms with Crippen molar-refractivity contribution in [2.45, 2.75) is 30.6 Å². The van der Waals surface area contributed by atoms with E-state index in [0.29, 0.717) is 18.9 Å². The lowest BCUT2D eigenvalue weighted by molar-refractivity contribution is -0.121. The number of piperidine rings is 1. The number of carbonyl (C=O) groups is 1. The molecule has 1 saturated heterocycles. The van der Waals surface area contributed by atoms with Gasteiger partial charge < -0.3 is 15.5 Å². The number of carbonyl (C=O) groups excluding carboxylic acids is 1. The van der Waals surface area contributed by atoms with Crippen LogP contribution in [0.4, 0.5) is 0 Å². The van der Waals surface area contributed by atoms with Gasteiger partial charge in [-0.2, -0.15) is 0 Å². The van der Waals surface area contributed by atoms with Crippen molar-refractivity contribution in [1.29, 1.82) is 0 Å². The molecule has 0 aromatic heterocycles. The predicted molar refractivity (Wildman–Crippen MR) is 106 cm³/mol. The molecule has 0 atom stereocenters. The summed E-state index contributed by atoms with van der Waals surface area (Å²) in [5.74, 6) is 1.38. The van der Waals surface area contributed by atoms with Gasteiger partial charge in [0, 0.05) is 40.2 Å². The Bertz CT molecular complexity index is 754. The zero-order valence-electron chi connectivity index (χ0n) is 15.9. The summed E-state index contributed by atoms with van der Waals surface area (Å²) in [7, 11) is -0.216. The van der Waals surface area contributed by atoms with Gasteiger partial charge in [0.1, 0.15) is 0 Å². The molecule has 1 heterocycles. The number of nitrogens with one attached hydrogen (secondary N) is 2. The van der Waals surface area contributed by atoms with Crippen LogP contribution in [-0.2, 0) is 21.2 Å². The van der Waals surface area contributed by atoms with E-state index in [1.54, 1.807) is 26.2 Å². The lowest BCUT2D eigenvalue weighted by atomic mass is 9.93. The Morgan fingerprint density at radius 1 is 1.26 bits per heavy atom. The van der Waals surface area contributed by atoms with Crippen LogP contribution in [0.25, 0.3) is 0 Å². The van der Waals surface area contributed by atoms with E-state index < -0.39 is 10.0 Å². The third-order valence-electron chi connectivity index (χ3n) is 4.83. The van der Waals surface area contributed by atoms with Crippen molar-refractivity contribution in [3.63, 3.8) is 0 Å². The van der Waals surface area contributed by atoms with E-state index in [4.69, 9.17) is 5.14 Å². The highest BCUT2D eigenvalue weighted by Crippen LogP contribution is 2.20. The van der Waals surface area contributed by atoms with Gasteiger partial charge in [-0.15, -0.1) is 0 Å². The first kappa shape index (κ1) is 21.2. The van der Waals surface area contributed by atoms with E-state index in [-0.39, 0.29) is 10.8 Å². The molecular formula is C18H29N5O3S. The zero-order valence-corrected chi connectivity index (χ0v) is 16.8. The lowest BCUT2D eigenvalue weighted by Crippen LogP contribution is -2.46. The average molecular weight is 396 g/mol. The molecule has 0 saturated carbocycles. The van der Waals surface area contributed by atoms with Crippen molar-refractivity contribution in [2.24, 2.45) is 16.0 Å². The number of sulfonamides is 1. The third-order valence-corrected chi connectivity index (χ3v) is 5.76. The minimum Gasteiger partial charge on any atom is -0.359 e. The number of nitrogens with two attached hydrogens (primary N) is 1. The summed E-state index contributed by atoms with van der Waals surface area (Å²) in [6.45, 7) is 2.45. The molecule has 1 aliphatic rings. The van der Waals surface area contributed by atoms with Crippen LogP contribution < -0.4 is 15.8 Å². The Morgan fingerprint density at radius 3 is 2.41 bits per heavy atom. The summed E-state index contributed by atoms with van der Waals surface area (Å²) in [4.78, 5) is 18.2. The first-order valence-corrected chi connectivity index (χ1v) is 10.7. The molecule has 1 aromatic carbocycles. The monoisotopic (exact) mass is 395 g/mol. The Morgan fingerprint density at radius 2 is 1.89 bits per heavy atom. The highest BCUT2D eigenvalue weighted by Gasteiger charge is 2.22. The second-order valence-electron chi connectivity index (χ2n) is 6.72. The maximum absolute atomic E-state index is 11.5. The van der Waals surface area contributed by atoms with Crippen LogP contribution >= 0.6 is 0 Å². The van der Waals surface area contributed by atoms with Crippen LogP contribution in [0, 0.1) is 5.92 Å². The minimum absolute atomic E-state index is 0.101. The first-order valence-electron chi connectivity index (χ1n) is 9.11. The molecule has 2 rings (SSSR count). The Balaban J connectivity index is 1.78. The summed E-state index contributed by atoms with van der Waals surface area (Å²) < 4.78 is 22.6. The second kappa shape index (κ2) is 9.70. The Kier molecular flexibility index (Phi) is 7.61. The smallest absolute Gasteiger partial charge is 0.238 e. The van der Waals surface area contributed by atoms with Gasteiger partial charge in [0.05, 0.1) is 4.90 Å². The van der Waals surface area contributed by atoms with Crippen LogP contribution in [0.2, 0.25) is 0 Å². The quantitative estimate of drug-likeness (QED) is 0.473. The maximum Gasteiger partial charge on any atom is 0.238 e. The van der Waals surface area contributed by atoms with Crippen LogP contribution in [0.15, 0.2) is 34.2 Å². The van der Waals surface area contributed by atoms with E-state index in [1.165, 1.54) is 12.1 Å². The van der Waals surface area contributed by atoms with Gasteiger partial charge >= 0.3 is 0 Å². The molecule has 27 heavy (non-hydrogen) atoms. The van der Waals surface area contributed by atoms with Crippen molar-refractivity contribution < 1.29 is 13.2 Å². The SMILES string of the molecule is CN=C(NCCc1ccc(S(N)(=O)=O)cc1)N1CCC(CC(=O)NC)CC1. The van der Waals surface area contributed by atoms with Crippen LogP contribution in [0.3, 0.4) is 0 Å². The minimum atomic E-state index is -3.65. The third kappa shape index (κ3) is 6.51. The molecule has 1 aliphatic heterocycles. The summed E-state index contributed by atoms with van der Waals surface area (Å²) in [6.07, 6.45) is 3.29. The van der Waals surface area contributed by atoms with Crippen LogP contribution in [0.1, 0.15) is 24.8 Å². The Hall–Kier alpha value is -2.13. The molecule has 0 unspecified atom stereocenters. The standard InChI is InChI=1S/C18H29N5O3S/c1-20-17(24)13-15-8-11-23(12-9-15)18(21-2)22-10-7-14-3-5-16(6-4-14)27(19,25)26/h3-6,15H,7-13H2,1-2H3,(H,20,24)(H,21,22)(H2,19,25,26). The van der Waals surface area contributed by atoms with Crippen molar-refractivity contribution in [2.75, 3.05) is 33.7 Å². The highest BCUT2D eigenvalue weighted by atomic mass is 32.2. The molecule has 0 spiro atoms. The van der Waals surface area contributed by atoms with Gasteiger partial charge in [0.2, 0.25) is 15.9 Å². The zero-order chi connectivity index (χ0) is 19.9. The van der Waals surface area contributed by atoms with Gasteiger partial charge in [0.15, 0.2) is 5.96 Å². The molecule has 1 aromatic rings. The van der Waals surface area contributed by atoms with E-state index in [2.05, 4.69) is 20.5 Å². The van der Waals surface area contributed by atoms with Crippen molar-refractivity contribution in [3.8, 4) is 0 Å². The number of primary sulfonamides is 1. The van der Waals surface area contributed by atoms with Crippen molar-refractivity contribution >= 4 is 21.9 Å². The number of benzene rings is 1. The predicted octanol–water partition coefficient (Wildman–Crippen LogP) is 0.300. The summed E-state index contributed by atoms with van der Waals surface area (Å²) in [6, 6.07) is 6.59. The van der Waals surface area contributed by atoms with Crippen LogP contribution in [0.5, 0.6) is 0 Å². The number of hydrogen-bond acceptors (Lipinski definition) is 4. The summed E-state index contributed by atoms with van der Waals surface area (Å²) in [5.41, 5.74) is 1.02. The van der Waals surface area contributed by atoms with Crippen molar-refractivity contribution in [1.82, 2.24) is 15.5 Å². The summed E-state index contributed by atoms with van der Waals surface area (Å²) >= 11 is 0. The van der Waals surface area contributed by atoms with Crippen LogP contribution in [-0.4, -0.2) is 58.9 Å². The fourth-order valence-electron chi connectivity index (χ4n) is 3.21. The number of rotatable bonds is 6. The van der Waals surface area contributed by atoms with E-state index in [9.17, 15) is 13.2 Å². The van der Waals surface area contributed by atoms with Gasteiger partial charge in [-0.25, -0.2) is 13.6 Å². The molecule has 8 nitrogen and oxygen atoms in total. The molecule has 9 heteroatoms. The van der Waals surface area contributed by atoms with Crippen molar-refractivity contribution in [3.05, 3.63) is 29.8 Å². The number of likely N-dealkylation sites (tertiary alicyclic amines) is 1. The lowest BCUT2D eigenvalue weighted by Gasteiger charge is -2.34. The number of hydrogen-bond donors (Lipinski definition) is 3. The number of aliphatic imine (C=N–C) groups is 1. The fourth-order valence-corrected chi connectivity index (χ4v) is 3.73. The normalized spacial score (nSPS) is 16.3. The topological polar surface area (TPSA) is 117 Å². The first-order chi connectivity index (χ1) is 12.8. The average Bonchev–Trinajstić information content (AvgIpc) is 2.65. The molecule has 0 bridgehead atoms. The molecule has 1 fully saturated rings. The second-order valence-corrected chi connectivity index (χ2v) is 8.28. The summed E-state index contributed by atoms with van der Waals surface area (Å²) in [5, 5.41) is 11.1. The molecule has 4 N–H and O–H groups in total. The van der Waals surface area contributed by atoms with Gasteiger partial charge in [-0.05, 0) is 42.9 Å². The number of nitrogens with zero attached hydrogens (tertiary/aromatic N) is 2. The van der Waals surface area contributed by atoms with E-state index >= 15 is 0 Å². The van der Waals surface area contributed by atoms with Gasteiger partial charge in [0.25, 0.3) is 0 Å². The van der Waals surface area contributed by atoms with E-state index in [0.717, 1.165) is 43.9 Å². The number of amides is 1. The van der Waals surface area contributed by atoms with E-state index in [1.807, 2.05) is 0 Å². The fraction of sp³-hybridized carbons (Fsp3) is 0.556. The molecule has 0 radical (unpaired) electrons. The molecular weight excluding hydrogens is 366 g/mol. The molecule has 0 aliphatic carbocycles. The van der Waals surface area contributed by atoms with Gasteiger partial charge in [-0.3, -0.25) is 9.79 Å². The largest absolute Gasteiger partial charge is 0.359 e. The maximum atomic E-state index is 11.5.